The molecule has 1 aromatic carbocycles. The molecule has 13 heteroatoms. The summed E-state index contributed by atoms with van der Waals surface area (Å²) < 4.78 is 43.2. The molecule has 45 heavy (non-hydrogen) atoms. The predicted octanol–water partition coefficient (Wildman–Crippen LogP) is 6.60. The zero-order valence-electron chi connectivity index (χ0n) is 26.3. The number of anilines is 2. The molecule has 5 heterocycles. The van der Waals surface area contributed by atoms with Gasteiger partial charge in [0, 0.05) is 47.7 Å². The molecule has 0 radical (unpaired) electrons. The summed E-state index contributed by atoms with van der Waals surface area (Å²) in [5.74, 6) is -0.575. The van der Waals surface area contributed by atoms with Gasteiger partial charge in [0.25, 0.3) is 0 Å². The number of halogens is 2. The van der Waals surface area contributed by atoms with E-state index in [4.69, 9.17) is 14.5 Å². The summed E-state index contributed by atoms with van der Waals surface area (Å²) in [6.07, 6.45) is 1.85. The zero-order chi connectivity index (χ0) is 32.4. The molecule has 1 saturated heterocycles. The van der Waals surface area contributed by atoms with Gasteiger partial charge in [-0.15, -0.1) is 11.3 Å². The van der Waals surface area contributed by atoms with Crippen molar-refractivity contribution in [3.8, 4) is 17.3 Å². The zero-order valence-corrected chi connectivity index (χ0v) is 27.1. The van der Waals surface area contributed by atoms with Gasteiger partial charge in [0.2, 0.25) is 5.95 Å². The Hall–Kier alpha value is -3.99. The smallest absolute Gasteiger partial charge is 0.412 e. The van der Waals surface area contributed by atoms with Crippen molar-refractivity contribution in [1.29, 1.82) is 5.26 Å². The average molecular weight is 636 g/mol. The summed E-state index contributed by atoms with van der Waals surface area (Å²) in [5.41, 5.74) is 0.708. The number of ether oxygens (including phenoxy) is 2. The van der Waals surface area contributed by atoms with Crippen LogP contribution in [0, 0.1) is 28.9 Å². The van der Waals surface area contributed by atoms with Gasteiger partial charge in [-0.3, -0.25) is 15.2 Å². The molecule has 0 saturated carbocycles. The number of hydrogen-bond acceptors (Lipinski definition) is 10. The molecule has 2 aliphatic heterocycles. The number of carbonyl (C=O) groups excluding carboxylic acids is 1. The molecule has 0 bridgehead atoms. The first kappa shape index (κ1) is 31.0. The number of carbonyl (C=O) groups is 1. The minimum atomic E-state index is -0.797. The molecule has 1 amide bonds. The van der Waals surface area contributed by atoms with Gasteiger partial charge < -0.3 is 14.4 Å². The second kappa shape index (κ2) is 11.4. The summed E-state index contributed by atoms with van der Waals surface area (Å²) in [7, 11) is 2.11. The first-order valence-corrected chi connectivity index (χ1v) is 15.7. The summed E-state index contributed by atoms with van der Waals surface area (Å²) in [4.78, 5) is 30.7. The Balaban J connectivity index is 1.50. The van der Waals surface area contributed by atoms with Gasteiger partial charge in [0.15, 0.2) is 11.6 Å². The number of nitrogens with one attached hydrogen (secondary N) is 1. The lowest BCUT2D eigenvalue weighted by molar-refractivity contribution is 0.0636. The third kappa shape index (κ3) is 5.45. The lowest BCUT2D eigenvalue weighted by atomic mass is 9.94. The number of rotatable bonds is 5. The number of nitriles is 1. The molecular formula is C32H35F2N7O3S. The summed E-state index contributed by atoms with van der Waals surface area (Å²) >= 11 is 0.865. The van der Waals surface area contributed by atoms with Gasteiger partial charge in [-0.25, -0.2) is 23.5 Å². The van der Waals surface area contributed by atoms with Crippen LogP contribution in [0.3, 0.4) is 0 Å². The van der Waals surface area contributed by atoms with Gasteiger partial charge in [-0.05, 0) is 58.7 Å². The minimum absolute atomic E-state index is 0.0373. The average Bonchev–Trinajstić information content (AvgIpc) is 3.70. The van der Waals surface area contributed by atoms with Crippen LogP contribution >= 0.6 is 11.3 Å². The van der Waals surface area contributed by atoms with E-state index in [1.54, 1.807) is 27.0 Å². The number of likely N-dealkylation sites (N-methyl/N-ethyl adjacent to an activating group) is 1. The molecule has 0 unspecified atom stereocenters. The maximum Gasteiger partial charge on any atom is 0.412 e. The van der Waals surface area contributed by atoms with Crippen LogP contribution in [0.2, 0.25) is 0 Å². The highest BCUT2D eigenvalue weighted by atomic mass is 32.1. The van der Waals surface area contributed by atoms with Crippen LogP contribution in [-0.2, 0) is 22.7 Å². The molecule has 2 aliphatic rings. The van der Waals surface area contributed by atoms with Crippen LogP contribution in [-0.4, -0.2) is 63.8 Å². The lowest BCUT2D eigenvalue weighted by Crippen LogP contribution is -2.41. The standard InChI is InChI=1S/C32H35F2N7O3S/c1-15(2)40(7)22-12-41(11-16(22)3)30-37-9-18-19-13-43-14-20(19)23(25(34)26(18)38-30)27-24-17(8-35)29(39-31(42)44-32(4,5)6)45-28(24)21(33)10-36-27/h9-10,15-16,22H,11-14H2,1-7H3,(H,39,42)/t16-,22-/m0/s1. The maximum atomic E-state index is 16.9. The van der Waals surface area contributed by atoms with E-state index in [-0.39, 0.29) is 50.6 Å². The molecule has 3 aromatic heterocycles. The first-order valence-electron chi connectivity index (χ1n) is 14.8. The fourth-order valence-electron chi connectivity index (χ4n) is 6.18. The van der Waals surface area contributed by atoms with Crippen LogP contribution in [0.4, 0.5) is 24.5 Å². The van der Waals surface area contributed by atoms with Crippen molar-refractivity contribution in [3.63, 3.8) is 0 Å². The number of nitrogens with zero attached hydrogens (tertiary/aromatic N) is 6. The Morgan fingerprint density at radius 1 is 1.22 bits per heavy atom. The lowest BCUT2D eigenvalue weighted by Gasteiger charge is -2.30. The number of fused-ring (bicyclic) bond motifs is 4. The molecule has 1 fully saturated rings. The molecule has 10 nitrogen and oxygen atoms in total. The summed E-state index contributed by atoms with van der Waals surface area (Å²) in [5, 5.41) is 13.5. The second-order valence-corrected chi connectivity index (χ2v) is 14.0. The first-order chi connectivity index (χ1) is 21.3. The number of amides is 1. The Labute approximate surface area is 264 Å². The highest BCUT2D eigenvalue weighted by Crippen LogP contribution is 2.46. The highest BCUT2D eigenvalue weighted by Gasteiger charge is 2.36. The van der Waals surface area contributed by atoms with E-state index < -0.39 is 23.3 Å². The number of thiophene rings is 1. The van der Waals surface area contributed by atoms with Crippen molar-refractivity contribution in [2.24, 2.45) is 5.92 Å². The Bertz CT molecular complexity index is 1880. The SMILES string of the molecule is CC(C)N(C)[C@H]1CN(c2ncc3c4c(c(-c5ncc(F)c6sc(NC(=O)OC(C)(C)C)c(C#N)c56)c(F)c3n2)COC4)C[C@@H]1C. The van der Waals surface area contributed by atoms with Crippen molar-refractivity contribution >= 4 is 49.4 Å². The Kier molecular flexibility index (Phi) is 7.87. The highest BCUT2D eigenvalue weighted by molar-refractivity contribution is 7.23. The molecule has 4 aromatic rings. The van der Waals surface area contributed by atoms with Gasteiger partial charge in [0.1, 0.15) is 22.2 Å². The minimum Gasteiger partial charge on any atom is -0.444 e. The summed E-state index contributed by atoms with van der Waals surface area (Å²) in [6.45, 7) is 13.4. The Morgan fingerprint density at radius 3 is 2.64 bits per heavy atom. The molecule has 6 rings (SSSR count). The number of aromatic nitrogens is 3. The quantitative estimate of drug-likeness (QED) is 0.259. The topological polar surface area (TPSA) is 116 Å². The van der Waals surface area contributed by atoms with Crippen LogP contribution in [0.1, 0.15) is 58.2 Å². The molecule has 1 N–H and O–H groups in total. The van der Waals surface area contributed by atoms with E-state index in [1.165, 1.54) is 0 Å². The number of benzene rings is 1. The van der Waals surface area contributed by atoms with E-state index in [0.717, 1.165) is 29.6 Å². The van der Waals surface area contributed by atoms with E-state index in [9.17, 15) is 10.1 Å². The van der Waals surface area contributed by atoms with Crippen LogP contribution in [0.5, 0.6) is 0 Å². The van der Waals surface area contributed by atoms with Gasteiger partial charge >= 0.3 is 6.09 Å². The fourth-order valence-corrected chi connectivity index (χ4v) is 7.22. The fraction of sp³-hybridized carbons (Fsp3) is 0.469. The second-order valence-electron chi connectivity index (χ2n) is 13.0. The normalized spacial score (nSPS) is 18.3. The Morgan fingerprint density at radius 2 is 1.96 bits per heavy atom. The van der Waals surface area contributed by atoms with Crippen LogP contribution in [0.25, 0.3) is 32.2 Å². The third-order valence-corrected chi connectivity index (χ3v) is 9.63. The van der Waals surface area contributed by atoms with E-state index in [0.29, 0.717) is 41.4 Å². The van der Waals surface area contributed by atoms with Gasteiger partial charge in [-0.2, -0.15) is 5.26 Å². The van der Waals surface area contributed by atoms with E-state index in [1.807, 2.05) is 0 Å². The molecule has 0 aliphatic carbocycles. The molecule has 236 valence electrons. The van der Waals surface area contributed by atoms with Crippen molar-refractivity contribution in [3.05, 3.63) is 40.7 Å². The van der Waals surface area contributed by atoms with Crippen LogP contribution < -0.4 is 10.2 Å². The van der Waals surface area contributed by atoms with Gasteiger partial charge in [-0.1, -0.05) is 6.92 Å². The van der Waals surface area contributed by atoms with Crippen LogP contribution in [0.15, 0.2) is 12.4 Å². The monoisotopic (exact) mass is 635 g/mol. The molecule has 0 spiro atoms. The molecular weight excluding hydrogens is 600 g/mol. The predicted molar refractivity (Wildman–Crippen MR) is 169 cm³/mol. The number of pyridine rings is 1. The summed E-state index contributed by atoms with van der Waals surface area (Å²) in [6, 6.07) is 2.72. The number of hydrogen-bond donors (Lipinski definition) is 1. The van der Waals surface area contributed by atoms with Crippen molar-refractivity contribution in [2.75, 3.05) is 30.4 Å². The van der Waals surface area contributed by atoms with Crippen molar-refractivity contribution in [2.45, 2.75) is 72.4 Å². The van der Waals surface area contributed by atoms with Crippen molar-refractivity contribution < 1.29 is 23.0 Å². The van der Waals surface area contributed by atoms with E-state index in [2.05, 4.69) is 59.0 Å². The van der Waals surface area contributed by atoms with Gasteiger partial charge in [0.05, 0.1) is 35.4 Å². The largest absolute Gasteiger partial charge is 0.444 e. The third-order valence-electron chi connectivity index (χ3n) is 8.51. The van der Waals surface area contributed by atoms with Crippen molar-refractivity contribution in [1.82, 2.24) is 19.9 Å². The maximum absolute atomic E-state index is 16.9. The molecule has 2 atom stereocenters. The van der Waals surface area contributed by atoms with E-state index >= 15 is 8.78 Å².